The van der Waals surface area contributed by atoms with Gasteiger partial charge in [-0.15, -0.1) is 0 Å². The Balaban J connectivity index is 1.78. The van der Waals surface area contributed by atoms with Gasteiger partial charge in [-0.25, -0.2) is 15.0 Å². The summed E-state index contributed by atoms with van der Waals surface area (Å²) in [5.41, 5.74) is 1.52. The van der Waals surface area contributed by atoms with Gasteiger partial charge >= 0.3 is 0 Å². The first-order chi connectivity index (χ1) is 11.6. The topological polar surface area (TPSA) is 56.1 Å². The average molecular weight is 329 g/mol. The summed E-state index contributed by atoms with van der Waals surface area (Å²) in [6.45, 7) is 10.1. The summed E-state index contributed by atoms with van der Waals surface area (Å²) in [6, 6.07) is 6.28. The summed E-state index contributed by atoms with van der Waals surface area (Å²) >= 11 is 0. The molecule has 5 nitrogen and oxygen atoms in total. The molecule has 3 rings (SSSR count). The second-order valence-corrected chi connectivity index (χ2v) is 6.80. The lowest BCUT2D eigenvalue weighted by Gasteiger charge is -2.11. The number of rotatable bonds is 6. The van der Waals surface area contributed by atoms with Crippen LogP contribution in [0.1, 0.15) is 51.9 Å². The van der Waals surface area contributed by atoms with Crippen molar-refractivity contribution < 1.29 is 9.47 Å². The molecule has 4 atom stereocenters. The monoisotopic (exact) mass is 329 g/mol. The van der Waals surface area contributed by atoms with E-state index in [4.69, 9.17) is 19.5 Å². The first-order valence-corrected chi connectivity index (χ1v) is 9.01. The van der Waals surface area contributed by atoms with Gasteiger partial charge in [-0.1, -0.05) is 46.6 Å². The molecular formula is C19H27N3O2. The van der Waals surface area contributed by atoms with E-state index in [0.29, 0.717) is 36.8 Å². The number of hydrogen-bond acceptors (Lipinski definition) is 5. The molecule has 3 heterocycles. The van der Waals surface area contributed by atoms with Crippen molar-refractivity contribution in [2.45, 2.75) is 52.6 Å². The molecule has 0 aromatic carbocycles. The molecular weight excluding hydrogens is 302 g/mol. The summed E-state index contributed by atoms with van der Waals surface area (Å²) in [5.74, 6) is 2.31. The molecule has 0 radical (unpaired) electrons. The lowest BCUT2D eigenvalue weighted by atomic mass is 10.0. The summed E-state index contributed by atoms with van der Waals surface area (Å²) in [6.07, 6.45) is 2.19. The van der Waals surface area contributed by atoms with Gasteiger partial charge in [0.05, 0.1) is 12.1 Å². The second-order valence-electron chi connectivity index (χ2n) is 6.80. The third kappa shape index (κ3) is 3.45. The van der Waals surface area contributed by atoms with E-state index < -0.39 is 0 Å². The average Bonchev–Trinajstić information content (AvgIpc) is 3.30. The molecule has 0 N–H and O–H groups in total. The lowest BCUT2D eigenvalue weighted by Crippen LogP contribution is -2.16. The number of hydrogen-bond donors (Lipinski definition) is 0. The van der Waals surface area contributed by atoms with Crippen LogP contribution >= 0.6 is 0 Å². The van der Waals surface area contributed by atoms with Crippen LogP contribution in [-0.4, -0.2) is 42.1 Å². The van der Waals surface area contributed by atoms with Crippen LogP contribution < -0.4 is 0 Å². The molecule has 24 heavy (non-hydrogen) atoms. The van der Waals surface area contributed by atoms with Crippen molar-refractivity contribution in [3.63, 3.8) is 0 Å². The first-order valence-electron chi connectivity index (χ1n) is 9.01. The zero-order valence-corrected chi connectivity index (χ0v) is 15.0. The van der Waals surface area contributed by atoms with E-state index in [1.54, 1.807) is 0 Å². The Morgan fingerprint density at radius 3 is 1.79 bits per heavy atom. The Hall–Kier alpha value is -1.91. The third-order valence-electron chi connectivity index (χ3n) is 5.14. The van der Waals surface area contributed by atoms with Crippen LogP contribution in [0.4, 0.5) is 0 Å². The molecule has 0 amide bonds. The Morgan fingerprint density at radius 1 is 0.917 bits per heavy atom. The normalized spacial score (nSPS) is 25.5. The van der Waals surface area contributed by atoms with Gasteiger partial charge in [-0.3, -0.25) is 0 Å². The highest BCUT2D eigenvalue weighted by molar-refractivity contribution is 5.97. The number of ether oxygens (including phenoxy) is 2. The smallest absolute Gasteiger partial charge is 0.235 e. The minimum Gasteiger partial charge on any atom is -0.474 e. The Morgan fingerprint density at radius 2 is 1.38 bits per heavy atom. The SMILES string of the molecule is CCC(C)[C@H]1COC(c2cccc(C3=N[C@@H](C(C)CC)CO3)n2)=N1. The molecule has 0 saturated heterocycles. The van der Waals surface area contributed by atoms with Crippen LogP contribution in [-0.2, 0) is 9.47 Å². The van der Waals surface area contributed by atoms with Crippen molar-refractivity contribution in [2.75, 3.05) is 13.2 Å². The van der Waals surface area contributed by atoms with Gasteiger partial charge in [0.2, 0.25) is 11.8 Å². The maximum atomic E-state index is 5.78. The molecule has 0 fully saturated rings. The Kier molecular flexibility index (Phi) is 5.17. The number of nitrogens with zero attached hydrogens (tertiary/aromatic N) is 3. The number of aromatic nitrogens is 1. The fraction of sp³-hybridized carbons (Fsp3) is 0.632. The van der Waals surface area contributed by atoms with Crippen LogP contribution in [0.3, 0.4) is 0 Å². The molecule has 0 aliphatic carbocycles. The van der Waals surface area contributed by atoms with Crippen molar-refractivity contribution in [2.24, 2.45) is 21.8 Å². The van der Waals surface area contributed by atoms with Crippen molar-refractivity contribution in [1.82, 2.24) is 4.98 Å². The van der Waals surface area contributed by atoms with E-state index in [-0.39, 0.29) is 12.1 Å². The van der Waals surface area contributed by atoms with Crippen molar-refractivity contribution in [3.8, 4) is 0 Å². The highest BCUT2D eigenvalue weighted by Gasteiger charge is 2.27. The van der Waals surface area contributed by atoms with Crippen LogP contribution in [0.25, 0.3) is 0 Å². The van der Waals surface area contributed by atoms with Gasteiger partial charge in [-0.2, -0.15) is 0 Å². The van der Waals surface area contributed by atoms with Gasteiger partial charge < -0.3 is 9.47 Å². The van der Waals surface area contributed by atoms with E-state index in [1.165, 1.54) is 0 Å². The maximum absolute atomic E-state index is 5.78. The molecule has 2 aliphatic rings. The molecule has 0 bridgehead atoms. The molecule has 1 aromatic heterocycles. The zero-order chi connectivity index (χ0) is 17.1. The van der Waals surface area contributed by atoms with Gasteiger partial charge in [0.1, 0.15) is 24.6 Å². The van der Waals surface area contributed by atoms with Gasteiger partial charge in [0.15, 0.2) is 0 Å². The minimum atomic E-state index is 0.227. The molecule has 2 unspecified atom stereocenters. The van der Waals surface area contributed by atoms with E-state index in [9.17, 15) is 0 Å². The number of pyridine rings is 1. The first kappa shape index (κ1) is 16.9. The Labute approximate surface area is 144 Å². The van der Waals surface area contributed by atoms with Crippen molar-refractivity contribution in [3.05, 3.63) is 29.6 Å². The van der Waals surface area contributed by atoms with Crippen LogP contribution in [0, 0.1) is 11.8 Å². The fourth-order valence-electron chi connectivity index (χ4n) is 2.86. The molecule has 0 spiro atoms. The molecule has 2 aliphatic heterocycles. The van der Waals surface area contributed by atoms with E-state index in [1.807, 2.05) is 18.2 Å². The number of aliphatic imine (C=N–C) groups is 2. The second kappa shape index (κ2) is 7.32. The van der Waals surface area contributed by atoms with Crippen LogP contribution in [0.2, 0.25) is 0 Å². The molecule has 1 aromatic rings. The van der Waals surface area contributed by atoms with Crippen molar-refractivity contribution in [1.29, 1.82) is 0 Å². The predicted molar refractivity (Wildman–Crippen MR) is 95.7 cm³/mol. The highest BCUT2D eigenvalue weighted by Crippen LogP contribution is 2.21. The predicted octanol–water partition coefficient (Wildman–Crippen LogP) is 3.46. The quantitative estimate of drug-likeness (QED) is 0.803. The highest BCUT2D eigenvalue weighted by atomic mass is 16.5. The molecule has 5 heteroatoms. The minimum absolute atomic E-state index is 0.227. The third-order valence-corrected chi connectivity index (χ3v) is 5.14. The summed E-state index contributed by atoms with van der Waals surface area (Å²) in [5, 5.41) is 0. The summed E-state index contributed by atoms with van der Waals surface area (Å²) in [7, 11) is 0. The maximum Gasteiger partial charge on any atom is 0.235 e. The molecule has 0 saturated carbocycles. The van der Waals surface area contributed by atoms with Gasteiger partial charge in [-0.05, 0) is 24.0 Å². The largest absolute Gasteiger partial charge is 0.474 e. The fourth-order valence-corrected chi connectivity index (χ4v) is 2.86. The lowest BCUT2D eigenvalue weighted by molar-refractivity contribution is 0.281. The van der Waals surface area contributed by atoms with Gasteiger partial charge in [0, 0.05) is 0 Å². The van der Waals surface area contributed by atoms with E-state index in [0.717, 1.165) is 24.2 Å². The van der Waals surface area contributed by atoms with E-state index >= 15 is 0 Å². The van der Waals surface area contributed by atoms with Crippen LogP contribution in [0.5, 0.6) is 0 Å². The van der Waals surface area contributed by atoms with E-state index in [2.05, 4.69) is 32.7 Å². The van der Waals surface area contributed by atoms with Gasteiger partial charge in [0.25, 0.3) is 0 Å². The summed E-state index contributed by atoms with van der Waals surface area (Å²) in [4.78, 5) is 14.1. The molecule has 130 valence electrons. The summed E-state index contributed by atoms with van der Waals surface area (Å²) < 4.78 is 11.6. The standard InChI is InChI=1S/C19H27N3O2/c1-5-12(3)16-10-23-18(21-16)14-8-7-9-15(20-14)19-22-17(11-24-19)13(4)6-2/h7-9,12-13,16-17H,5-6,10-11H2,1-4H3/t12?,13?,16-,17-/m1/s1. The zero-order valence-electron chi connectivity index (χ0n) is 15.0. The van der Waals surface area contributed by atoms with Crippen molar-refractivity contribution >= 4 is 11.8 Å². The Bertz CT molecular complexity index is 590. The van der Waals surface area contributed by atoms with Crippen LogP contribution in [0.15, 0.2) is 28.2 Å².